The summed E-state index contributed by atoms with van der Waals surface area (Å²) in [4.78, 5) is 70.6. The van der Waals surface area contributed by atoms with Crippen molar-refractivity contribution in [3.63, 3.8) is 0 Å². The monoisotopic (exact) mass is 620 g/mol. The summed E-state index contributed by atoms with van der Waals surface area (Å²) in [7, 11) is 0. The van der Waals surface area contributed by atoms with Crippen molar-refractivity contribution < 1.29 is 49.3 Å². The van der Waals surface area contributed by atoms with Crippen LogP contribution in [0.3, 0.4) is 0 Å². The highest BCUT2D eigenvalue weighted by Crippen LogP contribution is 2.26. The highest BCUT2D eigenvalue weighted by atomic mass is 16.6. The van der Waals surface area contributed by atoms with Gasteiger partial charge in [-0.15, -0.1) is 0 Å². The predicted molar refractivity (Wildman–Crippen MR) is 160 cm³/mol. The fraction of sp³-hybridized carbons (Fsp3) is 0.581. The topological polar surface area (TPSA) is 221 Å². The van der Waals surface area contributed by atoms with Crippen LogP contribution >= 0.6 is 0 Å². The number of rotatable bonds is 24. The molecule has 0 radical (unpaired) electrons. The molecule has 0 saturated carbocycles. The zero-order chi connectivity index (χ0) is 33.1. The number of Topliss-reactive ketones (excluding diaryl/α,β-unsaturated/α-hetero) is 1. The van der Waals surface area contributed by atoms with Crippen molar-refractivity contribution in [3.8, 4) is 0 Å². The van der Waals surface area contributed by atoms with Gasteiger partial charge in [0.25, 0.3) is 5.69 Å². The number of carboxylic acid groups (broad SMARTS) is 3. The Hall–Kier alpha value is -4.13. The number of non-ortho nitro benzene ring substituents is 1. The zero-order valence-corrected chi connectivity index (χ0v) is 25.1. The number of carboxylic acids is 3. The van der Waals surface area contributed by atoms with Gasteiger partial charge >= 0.3 is 17.9 Å². The molecule has 3 unspecified atom stereocenters. The third-order valence-corrected chi connectivity index (χ3v) is 7.25. The van der Waals surface area contributed by atoms with Crippen molar-refractivity contribution in [3.05, 3.63) is 52.1 Å². The minimum atomic E-state index is -3.07. The molecular formula is C31H44N2O11. The molecule has 3 atom stereocenters. The van der Waals surface area contributed by atoms with Gasteiger partial charge in [-0.1, -0.05) is 69.7 Å². The average molecular weight is 621 g/mol. The smallest absolute Gasteiger partial charge is 0.337 e. The van der Waals surface area contributed by atoms with E-state index in [1.165, 1.54) is 24.6 Å². The minimum Gasteiger partial charge on any atom is -0.481 e. The molecule has 0 fully saturated rings. The Kier molecular flexibility index (Phi) is 17.2. The molecule has 0 bridgehead atoms. The fourth-order valence-electron chi connectivity index (χ4n) is 4.68. The molecule has 0 aliphatic carbocycles. The summed E-state index contributed by atoms with van der Waals surface area (Å²) in [5.74, 6) is -8.06. The lowest BCUT2D eigenvalue weighted by molar-refractivity contribution is -0.384. The van der Waals surface area contributed by atoms with Crippen LogP contribution in [0.2, 0.25) is 0 Å². The Morgan fingerprint density at radius 3 is 1.98 bits per heavy atom. The van der Waals surface area contributed by atoms with Gasteiger partial charge in [0, 0.05) is 31.4 Å². The van der Waals surface area contributed by atoms with E-state index in [4.69, 9.17) is 0 Å². The summed E-state index contributed by atoms with van der Waals surface area (Å²) in [5, 5.41) is 52.4. The first-order valence-corrected chi connectivity index (χ1v) is 14.9. The van der Waals surface area contributed by atoms with Gasteiger partial charge in [-0.3, -0.25) is 24.5 Å². The van der Waals surface area contributed by atoms with Gasteiger partial charge in [0.1, 0.15) is 11.8 Å². The second-order valence-electron chi connectivity index (χ2n) is 10.9. The number of aliphatic hydroxyl groups is 1. The van der Waals surface area contributed by atoms with Gasteiger partial charge < -0.3 is 25.7 Å². The summed E-state index contributed by atoms with van der Waals surface area (Å²) in [5.41, 5.74) is -2.97. The number of nitro groups is 1. The molecule has 0 aliphatic heterocycles. The van der Waals surface area contributed by atoms with E-state index in [1.807, 2.05) is 0 Å². The second-order valence-corrected chi connectivity index (χ2v) is 10.9. The summed E-state index contributed by atoms with van der Waals surface area (Å²) >= 11 is 0. The first-order valence-electron chi connectivity index (χ1n) is 14.9. The third-order valence-electron chi connectivity index (χ3n) is 7.25. The Morgan fingerprint density at radius 2 is 1.48 bits per heavy atom. The average Bonchev–Trinajstić information content (AvgIpc) is 2.95. The van der Waals surface area contributed by atoms with E-state index in [0.29, 0.717) is 31.2 Å². The standard InChI is InChI=1S/C31H44N2O11/c1-2-3-4-7-10-13-24(34)14-11-8-5-6-9-12-15-25(31(42,30(40)41)21-27(35)36)28(37)32-26(29(38)39)20-22-16-18-23(19-17-22)33(43)44/h12,15-19,25-26,42H,2-11,13-14,20-21H2,1H3,(H,32,37)(H,35,36)(H,38,39)(H,40,41)/b15-12+. The molecule has 0 spiro atoms. The van der Waals surface area contributed by atoms with Crippen LogP contribution in [-0.2, 0) is 30.4 Å². The van der Waals surface area contributed by atoms with Crippen LogP contribution in [-0.4, -0.2) is 66.6 Å². The molecule has 244 valence electrons. The molecule has 13 nitrogen and oxygen atoms in total. The molecule has 0 saturated heterocycles. The van der Waals surface area contributed by atoms with Crippen molar-refractivity contribution in [1.82, 2.24) is 5.32 Å². The molecule has 5 N–H and O–H groups in total. The van der Waals surface area contributed by atoms with Crippen LogP contribution in [0.1, 0.15) is 96.0 Å². The molecule has 1 rings (SSSR count). The molecule has 1 amide bonds. The molecule has 0 heterocycles. The first-order chi connectivity index (χ1) is 20.8. The summed E-state index contributed by atoms with van der Waals surface area (Å²) in [6, 6.07) is 3.32. The van der Waals surface area contributed by atoms with Crippen LogP contribution in [0.25, 0.3) is 0 Å². The number of amides is 1. The number of nitrogens with one attached hydrogen (secondary N) is 1. The van der Waals surface area contributed by atoms with Crippen LogP contribution in [0, 0.1) is 16.0 Å². The lowest BCUT2D eigenvalue weighted by atomic mass is 9.82. The second kappa shape index (κ2) is 19.9. The quantitative estimate of drug-likeness (QED) is 0.0470. The van der Waals surface area contributed by atoms with E-state index in [2.05, 4.69) is 12.2 Å². The number of nitro benzene ring substituents is 1. The maximum Gasteiger partial charge on any atom is 0.337 e. The van der Waals surface area contributed by atoms with E-state index < -0.39 is 52.7 Å². The lowest BCUT2D eigenvalue weighted by Crippen LogP contribution is -2.55. The number of benzene rings is 1. The third kappa shape index (κ3) is 13.9. The van der Waals surface area contributed by atoms with Gasteiger partial charge in [0.2, 0.25) is 5.91 Å². The Balaban J connectivity index is 2.83. The number of hydrogen-bond donors (Lipinski definition) is 5. The zero-order valence-electron chi connectivity index (χ0n) is 25.1. The molecule has 44 heavy (non-hydrogen) atoms. The van der Waals surface area contributed by atoms with E-state index in [-0.39, 0.29) is 17.9 Å². The molecule has 0 aliphatic rings. The van der Waals surface area contributed by atoms with Gasteiger partial charge in [-0.05, 0) is 31.2 Å². The number of aliphatic carboxylic acids is 3. The number of carbonyl (C=O) groups is 5. The van der Waals surface area contributed by atoms with E-state index in [1.54, 1.807) is 0 Å². The van der Waals surface area contributed by atoms with Crippen molar-refractivity contribution in [2.45, 2.75) is 108 Å². The van der Waals surface area contributed by atoms with Crippen molar-refractivity contribution in [2.24, 2.45) is 5.92 Å². The minimum absolute atomic E-state index is 0.225. The van der Waals surface area contributed by atoms with Gasteiger partial charge in [0.05, 0.1) is 17.3 Å². The van der Waals surface area contributed by atoms with Crippen molar-refractivity contribution in [1.29, 1.82) is 0 Å². The largest absolute Gasteiger partial charge is 0.481 e. The van der Waals surface area contributed by atoms with Crippen molar-refractivity contribution >= 4 is 35.3 Å². The van der Waals surface area contributed by atoms with E-state index >= 15 is 0 Å². The van der Waals surface area contributed by atoms with Gasteiger partial charge in [0.15, 0.2) is 5.60 Å². The molecule has 13 heteroatoms. The van der Waals surface area contributed by atoms with Crippen molar-refractivity contribution in [2.75, 3.05) is 0 Å². The molecule has 1 aromatic carbocycles. The number of allylic oxidation sites excluding steroid dienone is 1. The van der Waals surface area contributed by atoms with Crippen LogP contribution in [0.5, 0.6) is 0 Å². The Bertz CT molecular complexity index is 1150. The molecule has 0 aromatic heterocycles. The maximum absolute atomic E-state index is 13.2. The van der Waals surface area contributed by atoms with Crippen LogP contribution in [0.4, 0.5) is 5.69 Å². The molecular weight excluding hydrogens is 576 g/mol. The number of carbonyl (C=O) groups excluding carboxylic acids is 2. The normalized spacial score (nSPS) is 14.0. The van der Waals surface area contributed by atoms with Crippen LogP contribution in [0.15, 0.2) is 36.4 Å². The Morgan fingerprint density at radius 1 is 0.909 bits per heavy atom. The van der Waals surface area contributed by atoms with E-state index in [0.717, 1.165) is 63.2 Å². The number of ketones is 1. The predicted octanol–water partition coefficient (Wildman–Crippen LogP) is 4.44. The van der Waals surface area contributed by atoms with Gasteiger partial charge in [-0.25, -0.2) is 9.59 Å². The summed E-state index contributed by atoms with van der Waals surface area (Å²) in [6.45, 7) is 2.14. The number of hydrogen-bond acceptors (Lipinski definition) is 8. The lowest BCUT2D eigenvalue weighted by Gasteiger charge is -2.29. The highest BCUT2D eigenvalue weighted by molar-refractivity contribution is 5.94. The summed E-state index contributed by atoms with van der Waals surface area (Å²) in [6.07, 6.45) is 10.7. The summed E-state index contributed by atoms with van der Waals surface area (Å²) < 4.78 is 0. The van der Waals surface area contributed by atoms with Gasteiger partial charge in [-0.2, -0.15) is 0 Å². The maximum atomic E-state index is 13.2. The molecule has 1 aromatic rings. The SMILES string of the molecule is CCCCCCCC(=O)CCCCCC/C=C/C(C(=O)NC(Cc1ccc([N+](=O)[O-])cc1)C(=O)O)C(O)(CC(=O)O)C(=O)O. The number of nitrogens with zero attached hydrogens (tertiary/aromatic N) is 1. The number of unbranched alkanes of at least 4 members (excludes halogenated alkanes) is 8. The first kappa shape index (κ1) is 37.9. The Labute approximate surface area is 256 Å². The fourth-order valence-corrected chi connectivity index (χ4v) is 4.68. The highest BCUT2D eigenvalue weighted by Gasteiger charge is 2.49. The van der Waals surface area contributed by atoms with E-state index in [9.17, 15) is 54.5 Å². The van der Waals surface area contributed by atoms with Crippen LogP contribution < -0.4 is 5.32 Å².